The summed E-state index contributed by atoms with van der Waals surface area (Å²) >= 11 is 1.49. The molecule has 5 heteroatoms. The molecule has 1 aromatic rings. The summed E-state index contributed by atoms with van der Waals surface area (Å²) in [7, 11) is 0. The molecule has 3 N–H and O–H groups in total. The van der Waals surface area contributed by atoms with Crippen LogP contribution >= 0.6 is 11.3 Å². The van der Waals surface area contributed by atoms with Crippen LogP contribution in [0.15, 0.2) is 11.4 Å². The molecule has 0 aliphatic carbocycles. The van der Waals surface area contributed by atoms with E-state index in [2.05, 4.69) is 5.32 Å². The number of rotatable bonds is 4. The van der Waals surface area contributed by atoms with Gasteiger partial charge in [0.15, 0.2) is 0 Å². The van der Waals surface area contributed by atoms with Crippen molar-refractivity contribution < 1.29 is 4.79 Å². The van der Waals surface area contributed by atoms with E-state index in [9.17, 15) is 4.79 Å². The number of carbonyl (C=O) groups excluding carboxylic acids is 1. The van der Waals surface area contributed by atoms with Crippen LogP contribution in [-0.2, 0) is 11.3 Å². The van der Waals surface area contributed by atoms with Crippen molar-refractivity contribution in [1.29, 1.82) is 5.26 Å². The first kappa shape index (κ1) is 9.71. The Hall–Kier alpha value is -1.38. The smallest absolute Gasteiger partial charge is 0.231 e. The van der Waals surface area contributed by atoms with E-state index >= 15 is 0 Å². The van der Waals surface area contributed by atoms with Crippen molar-refractivity contribution in [2.24, 2.45) is 5.73 Å². The van der Waals surface area contributed by atoms with Crippen molar-refractivity contribution in [3.05, 3.63) is 21.9 Å². The van der Waals surface area contributed by atoms with Crippen molar-refractivity contribution in [2.45, 2.75) is 6.54 Å². The SMILES string of the molecule is N#Cc1csc(CNCC(N)=O)c1. The van der Waals surface area contributed by atoms with Crippen molar-refractivity contribution in [3.8, 4) is 6.07 Å². The molecule has 0 fully saturated rings. The molecule has 1 rings (SSSR count). The molecule has 0 spiro atoms. The predicted octanol–water partition coefficient (Wildman–Crippen LogP) is 0.195. The second-order valence-electron chi connectivity index (χ2n) is 2.48. The first-order valence-corrected chi connectivity index (χ1v) is 4.57. The van der Waals surface area contributed by atoms with Gasteiger partial charge in [0.2, 0.25) is 5.91 Å². The van der Waals surface area contributed by atoms with Crippen LogP contribution in [-0.4, -0.2) is 12.5 Å². The van der Waals surface area contributed by atoms with Gasteiger partial charge in [-0.2, -0.15) is 5.26 Å². The number of nitrogens with two attached hydrogens (primary N) is 1. The van der Waals surface area contributed by atoms with Gasteiger partial charge in [0.25, 0.3) is 0 Å². The molecule has 0 aliphatic rings. The maximum Gasteiger partial charge on any atom is 0.231 e. The Balaban J connectivity index is 2.38. The molecule has 0 aliphatic heterocycles. The lowest BCUT2D eigenvalue weighted by Crippen LogP contribution is -2.27. The summed E-state index contributed by atoms with van der Waals surface area (Å²) in [5, 5.41) is 13.2. The summed E-state index contributed by atoms with van der Waals surface area (Å²) in [6, 6.07) is 3.83. The molecule has 68 valence electrons. The number of amides is 1. The zero-order valence-electron chi connectivity index (χ0n) is 6.91. The second-order valence-corrected chi connectivity index (χ2v) is 3.48. The van der Waals surface area contributed by atoms with Crippen LogP contribution in [0.4, 0.5) is 0 Å². The van der Waals surface area contributed by atoms with E-state index in [1.807, 2.05) is 6.07 Å². The number of primary amides is 1. The van der Waals surface area contributed by atoms with E-state index in [-0.39, 0.29) is 12.5 Å². The van der Waals surface area contributed by atoms with Gasteiger partial charge in [-0.15, -0.1) is 11.3 Å². The highest BCUT2D eigenvalue weighted by atomic mass is 32.1. The number of nitrogens with zero attached hydrogens (tertiary/aromatic N) is 1. The average molecular weight is 195 g/mol. The van der Waals surface area contributed by atoms with Gasteiger partial charge in [0.1, 0.15) is 6.07 Å². The van der Waals surface area contributed by atoms with E-state index < -0.39 is 0 Å². The minimum atomic E-state index is -0.378. The van der Waals surface area contributed by atoms with Crippen LogP contribution in [0, 0.1) is 11.3 Å². The zero-order chi connectivity index (χ0) is 9.68. The first-order valence-electron chi connectivity index (χ1n) is 3.69. The van der Waals surface area contributed by atoms with Gasteiger partial charge in [-0.25, -0.2) is 0 Å². The van der Waals surface area contributed by atoms with Crippen LogP contribution in [0.5, 0.6) is 0 Å². The van der Waals surface area contributed by atoms with Crippen LogP contribution in [0.1, 0.15) is 10.4 Å². The molecule has 0 aromatic carbocycles. The molecule has 0 atom stereocenters. The van der Waals surface area contributed by atoms with Crippen LogP contribution in [0.2, 0.25) is 0 Å². The third-order valence-electron chi connectivity index (χ3n) is 1.38. The minimum absolute atomic E-state index is 0.166. The standard InChI is InChI=1S/C8H9N3OS/c9-2-6-1-7(13-5-6)3-11-4-8(10)12/h1,5,11H,3-4H2,(H2,10,12). The fourth-order valence-electron chi connectivity index (χ4n) is 0.841. The predicted molar refractivity (Wildman–Crippen MR) is 49.9 cm³/mol. The summed E-state index contributed by atoms with van der Waals surface area (Å²) in [5.41, 5.74) is 5.59. The fraction of sp³-hybridized carbons (Fsp3) is 0.250. The molecule has 0 radical (unpaired) electrons. The molecular formula is C8H9N3OS. The Morgan fingerprint density at radius 2 is 2.54 bits per heavy atom. The molecule has 1 aromatic heterocycles. The normalized spacial score (nSPS) is 9.46. The molecule has 0 unspecified atom stereocenters. The molecule has 1 heterocycles. The number of carbonyl (C=O) groups is 1. The van der Waals surface area contributed by atoms with Crippen molar-refractivity contribution in [3.63, 3.8) is 0 Å². The van der Waals surface area contributed by atoms with Gasteiger partial charge in [-0.05, 0) is 6.07 Å². The lowest BCUT2D eigenvalue weighted by molar-refractivity contribution is -0.117. The number of hydrogen-bond acceptors (Lipinski definition) is 4. The third kappa shape index (κ3) is 3.23. The maximum absolute atomic E-state index is 10.4. The molecule has 0 saturated heterocycles. The van der Waals surface area contributed by atoms with E-state index in [1.54, 1.807) is 11.4 Å². The van der Waals surface area contributed by atoms with E-state index in [4.69, 9.17) is 11.0 Å². The van der Waals surface area contributed by atoms with Crippen molar-refractivity contribution in [2.75, 3.05) is 6.54 Å². The van der Waals surface area contributed by atoms with Crippen molar-refractivity contribution >= 4 is 17.2 Å². The second kappa shape index (κ2) is 4.60. The van der Waals surface area contributed by atoms with Crippen LogP contribution in [0.25, 0.3) is 0 Å². The van der Waals surface area contributed by atoms with Crippen LogP contribution in [0.3, 0.4) is 0 Å². The maximum atomic E-state index is 10.4. The van der Waals surface area contributed by atoms with Gasteiger partial charge >= 0.3 is 0 Å². The summed E-state index contributed by atoms with van der Waals surface area (Å²) in [4.78, 5) is 11.4. The van der Waals surface area contributed by atoms with Gasteiger partial charge in [-0.1, -0.05) is 0 Å². The third-order valence-corrected chi connectivity index (χ3v) is 2.32. The summed E-state index contributed by atoms with van der Waals surface area (Å²) < 4.78 is 0. The molecule has 0 bridgehead atoms. The van der Waals surface area contributed by atoms with E-state index in [0.29, 0.717) is 12.1 Å². The Morgan fingerprint density at radius 3 is 3.08 bits per heavy atom. The highest BCUT2D eigenvalue weighted by Gasteiger charge is 1.99. The first-order chi connectivity index (χ1) is 6.22. The van der Waals surface area contributed by atoms with Gasteiger partial charge in [-0.3, -0.25) is 4.79 Å². The van der Waals surface area contributed by atoms with Gasteiger partial charge in [0, 0.05) is 16.8 Å². The van der Waals surface area contributed by atoms with Crippen molar-refractivity contribution in [1.82, 2.24) is 5.32 Å². The summed E-state index contributed by atoms with van der Waals surface area (Å²) in [6.07, 6.45) is 0. The quantitative estimate of drug-likeness (QED) is 0.720. The van der Waals surface area contributed by atoms with E-state index in [0.717, 1.165) is 4.88 Å². The summed E-state index contributed by atoms with van der Waals surface area (Å²) in [5.74, 6) is -0.378. The Labute approximate surface area is 80.0 Å². The van der Waals surface area contributed by atoms with Crippen LogP contribution < -0.4 is 11.1 Å². The monoisotopic (exact) mass is 195 g/mol. The minimum Gasteiger partial charge on any atom is -0.369 e. The Kier molecular flexibility index (Phi) is 3.43. The number of thiophene rings is 1. The molecule has 0 saturated carbocycles. The highest BCUT2D eigenvalue weighted by molar-refractivity contribution is 7.10. The Bertz CT molecular complexity index is 339. The van der Waals surface area contributed by atoms with Gasteiger partial charge in [0.05, 0.1) is 12.1 Å². The number of hydrogen-bond donors (Lipinski definition) is 2. The molecule has 13 heavy (non-hydrogen) atoms. The number of nitriles is 1. The summed E-state index contributed by atoms with van der Waals surface area (Å²) in [6.45, 7) is 0.745. The molecule has 4 nitrogen and oxygen atoms in total. The molecular weight excluding hydrogens is 186 g/mol. The molecule has 1 amide bonds. The lowest BCUT2D eigenvalue weighted by Gasteiger charge is -1.97. The van der Waals surface area contributed by atoms with E-state index in [1.165, 1.54) is 11.3 Å². The van der Waals surface area contributed by atoms with Gasteiger partial charge < -0.3 is 11.1 Å². The number of nitrogens with one attached hydrogen (secondary N) is 1. The zero-order valence-corrected chi connectivity index (χ0v) is 7.73. The Morgan fingerprint density at radius 1 is 1.77 bits per heavy atom. The topological polar surface area (TPSA) is 78.9 Å². The average Bonchev–Trinajstić information content (AvgIpc) is 2.52. The fourth-order valence-corrected chi connectivity index (χ4v) is 1.62. The highest BCUT2D eigenvalue weighted by Crippen LogP contribution is 2.12. The lowest BCUT2D eigenvalue weighted by atomic mass is 10.3. The largest absolute Gasteiger partial charge is 0.369 e.